The fourth-order valence-electron chi connectivity index (χ4n) is 2.03. The van der Waals surface area contributed by atoms with E-state index in [1.54, 1.807) is 6.07 Å². The Morgan fingerprint density at radius 3 is 2.79 bits per heavy atom. The van der Waals surface area contributed by atoms with Gasteiger partial charge in [-0.1, -0.05) is 25.0 Å². The summed E-state index contributed by atoms with van der Waals surface area (Å²) in [7, 11) is 0. The molecule has 0 bridgehead atoms. The van der Waals surface area contributed by atoms with Gasteiger partial charge in [-0.3, -0.25) is 4.98 Å². The number of hydrogen-bond donors (Lipinski definition) is 0. The van der Waals surface area contributed by atoms with E-state index in [1.165, 1.54) is 0 Å². The Balaban J connectivity index is 2.40. The number of nitrogens with zero attached hydrogens (tertiary/aromatic N) is 1. The van der Waals surface area contributed by atoms with E-state index in [-0.39, 0.29) is 5.97 Å². The van der Waals surface area contributed by atoms with Gasteiger partial charge in [0.25, 0.3) is 0 Å². The van der Waals surface area contributed by atoms with Gasteiger partial charge in [0.1, 0.15) is 0 Å². The second-order valence-electron chi connectivity index (χ2n) is 4.82. The molecule has 0 saturated heterocycles. The maximum Gasteiger partial charge on any atom is 0.338 e. The van der Waals surface area contributed by atoms with Crippen LogP contribution in [0.25, 0.3) is 10.9 Å². The molecule has 3 nitrogen and oxygen atoms in total. The number of aromatic nitrogens is 1. The molecule has 1 heterocycles. The van der Waals surface area contributed by atoms with Crippen molar-refractivity contribution < 1.29 is 9.53 Å². The van der Waals surface area contributed by atoms with Gasteiger partial charge in [-0.05, 0) is 38.5 Å². The Hall–Kier alpha value is -1.90. The van der Waals surface area contributed by atoms with Crippen LogP contribution in [0.4, 0.5) is 0 Å². The van der Waals surface area contributed by atoms with E-state index in [9.17, 15) is 4.79 Å². The Kier molecular flexibility index (Phi) is 4.15. The third kappa shape index (κ3) is 3.11. The Labute approximate surface area is 113 Å². The molecule has 0 fully saturated rings. The van der Waals surface area contributed by atoms with Crippen molar-refractivity contribution in [2.24, 2.45) is 0 Å². The van der Waals surface area contributed by atoms with Crippen LogP contribution in [0.5, 0.6) is 0 Å². The third-order valence-corrected chi connectivity index (χ3v) is 3.04. The van der Waals surface area contributed by atoms with Crippen LogP contribution < -0.4 is 0 Å². The highest BCUT2D eigenvalue weighted by molar-refractivity contribution is 6.03. The van der Waals surface area contributed by atoms with Crippen LogP contribution in [0, 0.1) is 13.8 Å². The van der Waals surface area contributed by atoms with Crippen molar-refractivity contribution in [3.8, 4) is 0 Å². The number of aryl methyl sites for hydroxylation is 2. The molecular formula is C16H19NO2. The summed E-state index contributed by atoms with van der Waals surface area (Å²) in [5, 5.41) is 0.868. The van der Waals surface area contributed by atoms with Crippen LogP contribution >= 0.6 is 0 Å². The fraction of sp³-hybridized carbons (Fsp3) is 0.375. The van der Waals surface area contributed by atoms with E-state index in [0.717, 1.165) is 35.0 Å². The lowest BCUT2D eigenvalue weighted by atomic mass is 10.1. The molecule has 0 N–H and O–H groups in total. The summed E-state index contributed by atoms with van der Waals surface area (Å²) in [5.74, 6) is -0.255. The van der Waals surface area contributed by atoms with Gasteiger partial charge in [-0.15, -0.1) is 0 Å². The number of esters is 1. The zero-order chi connectivity index (χ0) is 13.8. The largest absolute Gasteiger partial charge is 0.462 e. The number of rotatable bonds is 4. The predicted octanol–water partition coefficient (Wildman–Crippen LogP) is 3.81. The van der Waals surface area contributed by atoms with E-state index < -0.39 is 0 Å². The van der Waals surface area contributed by atoms with Crippen LogP contribution in [-0.2, 0) is 4.74 Å². The van der Waals surface area contributed by atoms with Gasteiger partial charge in [0, 0.05) is 11.1 Å². The quantitative estimate of drug-likeness (QED) is 0.617. The molecule has 0 aliphatic carbocycles. The summed E-state index contributed by atoms with van der Waals surface area (Å²) in [6.07, 6.45) is 1.91. The lowest BCUT2D eigenvalue weighted by Gasteiger charge is -2.09. The normalized spacial score (nSPS) is 10.7. The molecule has 0 aliphatic rings. The number of unbranched alkanes of at least 4 members (excludes halogenated alkanes) is 1. The van der Waals surface area contributed by atoms with Crippen molar-refractivity contribution in [3.63, 3.8) is 0 Å². The minimum absolute atomic E-state index is 0.255. The van der Waals surface area contributed by atoms with Crippen molar-refractivity contribution in [2.75, 3.05) is 6.61 Å². The minimum atomic E-state index is -0.255. The number of benzene rings is 1. The summed E-state index contributed by atoms with van der Waals surface area (Å²) >= 11 is 0. The number of ether oxygens (including phenoxy) is 1. The summed E-state index contributed by atoms with van der Waals surface area (Å²) < 4.78 is 5.30. The first kappa shape index (κ1) is 13.5. The van der Waals surface area contributed by atoms with E-state index >= 15 is 0 Å². The maximum absolute atomic E-state index is 12.1. The number of carbonyl (C=O) groups is 1. The van der Waals surface area contributed by atoms with Gasteiger partial charge >= 0.3 is 5.97 Å². The van der Waals surface area contributed by atoms with Gasteiger partial charge in [0.15, 0.2) is 0 Å². The molecule has 1 aromatic carbocycles. The van der Waals surface area contributed by atoms with Crippen molar-refractivity contribution in [2.45, 2.75) is 33.6 Å². The number of hydrogen-bond acceptors (Lipinski definition) is 3. The molecule has 0 saturated carbocycles. The molecule has 0 radical (unpaired) electrons. The second-order valence-corrected chi connectivity index (χ2v) is 4.82. The predicted molar refractivity (Wildman–Crippen MR) is 76.4 cm³/mol. The molecule has 0 aliphatic heterocycles. The number of carbonyl (C=O) groups excluding carboxylic acids is 1. The monoisotopic (exact) mass is 257 g/mol. The molecule has 0 spiro atoms. The van der Waals surface area contributed by atoms with Crippen LogP contribution in [0.2, 0.25) is 0 Å². The Bertz CT molecular complexity index is 605. The first-order valence-corrected chi connectivity index (χ1v) is 6.67. The molecule has 3 heteroatoms. The molecule has 0 amide bonds. The zero-order valence-corrected chi connectivity index (χ0v) is 11.7. The Morgan fingerprint density at radius 1 is 1.26 bits per heavy atom. The molecule has 1 aromatic heterocycles. The molecule has 100 valence electrons. The summed E-state index contributed by atoms with van der Waals surface area (Å²) in [5.41, 5.74) is 3.40. The molecule has 19 heavy (non-hydrogen) atoms. The lowest BCUT2D eigenvalue weighted by Crippen LogP contribution is -2.08. The number of pyridine rings is 1. The van der Waals surface area contributed by atoms with Crippen LogP contribution in [0.15, 0.2) is 24.3 Å². The van der Waals surface area contributed by atoms with E-state index in [4.69, 9.17) is 4.74 Å². The maximum atomic E-state index is 12.1. The van der Waals surface area contributed by atoms with E-state index in [0.29, 0.717) is 12.2 Å². The van der Waals surface area contributed by atoms with Crippen molar-refractivity contribution >= 4 is 16.9 Å². The van der Waals surface area contributed by atoms with Gasteiger partial charge in [0.05, 0.1) is 17.7 Å². The summed E-state index contributed by atoms with van der Waals surface area (Å²) in [6, 6.07) is 7.73. The van der Waals surface area contributed by atoms with E-state index in [2.05, 4.69) is 11.9 Å². The topological polar surface area (TPSA) is 39.2 Å². The fourth-order valence-corrected chi connectivity index (χ4v) is 2.03. The van der Waals surface area contributed by atoms with Crippen molar-refractivity contribution in [1.29, 1.82) is 0 Å². The summed E-state index contributed by atoms with van der Waals surface area (Å²) in [6.45, 7) is 6.45. The van der Waals surface area contributed by atoms with E-state index in [1.807, 2.05) is 32.0 Å². The standard InChI is InChI=1S/C16H19NO2/c1-4-5-8-19-16(18)14-10-12(3)17-15-7-6-11(2)9-13(14)15/h6-7,9-10H,4-5,8H2,1-3H3. The highest BCUT2D eigenvalue weighted by Crippen LogP contribution is 2.20. The molecule has 2 rings (SSSR count). The lowest BCUT2D eigenvalue weighted by molar-refractivity contribution is 0.0502. The number of fused-ring (bicyclic) bond motifs is 1. The van der Waals surface area contributed by atoms with Gasteiger partial charge in [-0.2, -0.15) is 0 Å². The van der Waals surface area contributed by atoms with Crippen molar-refractivity contribution in [3.05, 3.63) is 41.1 Å². The Morgan fingerprint density at radius 2 is 2.05 bits per heavy atom. The first-order chi connectivity index (χ1) is 9.11. The highest BCUT2D eigenvalue weighted by Gasteiger charge is 2.13. The molecule has 2 aromatic rings. The smallest absolute Gasteiger partial charge is 0.338 e. The minimum Gasteiger partial charge on any atom is -0.462 e. The molecule has 0 atom stereocenters. The third-order valence-electron chi connectivity index (χ3n) is 3.04. The average Bonchev–Trinajstić information content (AvgIpc) is 2.38. The molecular weight excluding hydrogens is 238 g/mol. The van der Waals surface area contributed by atoms with Crippen LogP contribution in [0.3, 0.4) is 0 Å². The van der Waals surface area contributed by atoms with Crippen molar-refractivity contribution in [1.82, 2.24) is 4.98 Å². The van der Waals surface area contributed by atoms with Gasteiger partial charge < -0.3 is 4.74 Å². The van der Waals surface area contributed by atoms with Crippen LogP contribution in [-0.4, -0.2) is 17.6 Å². The average molecular weight is 257 g/mol. The zero-order valence-electron chi connectivity index (χ0n) is 11.7. The SMILES string of the molecule is CCCCOC(=O)c1cc(C)nc2ccc(C)cc12. The second kappa shape index (κ2) is 5.83. The van der Waals surface area contributed by atoms with Gasteiger partial charge in [-0.25, -0.2) is 4.79 Å². The first-order valence-electron chi connectivity index (χ1n) is 6.67. The van der Waals surface area contributed by atoms with Gasteiger partial charge in [0.2, 0.25) is 0 Å². The summed E-state index contributed by atoms with van der Waals surface area (Å²) in [4.78, 5) is 16.6. The highest BCUT2D eigenvalue weighted by atomic mass is 16.5. The van der Waals surface area contributed by atoms with Crippen LogP contribution in [0.1, 0.15) is 41.4 Å². The molecule has 0 unspecified atom stereocenters.